The second kappa shape index (κ2) is 4.82. The zero-order valence-electron chi connectivity index (χ0n) is 9.03. The number of hydrazine groups is 1. The third-order valence-electron chi connectivity index (χ3n) is 2.58. The molecule has 2 heterocycles. The lowest BCUT2D eigenvalue weighted by molar-refractivity contribution is 0.179. The summed E-state index contributed by atoms with van der Waals surface area (Å²) in [4.78, 5) is 13.5. The highest BCUT2D eigenvalue weighted by atomic mass is 35.5. The van der Waals surface area contributed by atoms with Gasteiger partial charge in [0, 0.05) is 26.2 Å². The van der Waals surface area contributed by atoms with Gasteiger partial charge in [-0.25, -0.2) is 10.1 Å². The molecule has 1 fully saturated rings. The van der Waals surface area contributed by atoms with Gasteiger partial charge in [0.05, 0.1) is 11.9 Å². The second-order valence-corrected chi connectivity index (χ2v) is 4.21. The van der Waals surface area contributed by atoms with E-state index in [4.69, 9.17) is 11.6 Å². The van der Waals surface area contributed by atoms with E-state index in [2.05, 4.69) is 27.6 Å². The number of hydrogen-bond donors (Lipinski definition) is 2. The highest BCUT2D eigenvalue weighted by Crippen LogP contribution is 2.15. The van der Waals surface area contributed by atoms with Gasteiger partial charge in [0.25, 0.3) is 5.56 Å². The predicted molar refractivity (Wildman–Crippen MR) is 62.6 cm³/mol. The standard InChI is InChI=1S/C9H14ClN5O/c1-14-2-4-15(5-3-14)13-7-6-11-12-9(16)8(7)10/h6H,2-5H2,1H3,(H2,12,13,16). The fourth-order valence-corrected chi connectivity index (χ4v) is 1.68. The predicted octanol–water partition coefficient (Wildman–Crippen LogP) is -0.00240. The van der Waals surface area contributed by atoms with Crippen LogP contribution in [0.4, 0.5) is 5.69 Å². The molecule has 0 aliphatic carbocycles. The van der Waals surface area contributed by atoms with Gasteiger partial charge in [0.2, 0.25) is 0 Å². The van der Waals surface area contributed by atoms with E-state index >= 15 is 0 Å². The summed E-state index contributed by atoms with van der Waals surface area (Å²) in [6.45, 7) is 3.75. The Kier molecular flexibility index (Phi) is 3.42. The molecular weight excluding hydrogens is 230 g/mol. The van der Waals surface area contributed by atoms with Crippen LogP contribution in [-0.2, 0) is 0 Å². The third kappa shape index (κ3) is 2.52. The normalized spacial score (nSPS) is 18.6. The Labute approximate surface area is 98.2 Å². The van der Waals surface area contributed by atoms with Crippen molar-refractivity contribution in [1.82, 2.24) is 20.1 Å². The smallest absolute Gasteiger partial charge is 0.285 e. The van der Waals surface area contributed by atoms with Gasteiger partial charge in [-0.2, -0.15) is 5.10 Å². The van der Waals surface area contributed by atoms with Crippen LogP contribution in [0.25, 0.3) is 0 Å². The summed E-state index contributed by atoms with van der Waals surface area (Å²) >= 11 is 5.86. The van der Waals surface area contributed by atoms with Crippen molar-refractivity contribution in [3.8, 4) is 0 Å². The zero-order valence-corrected chi connectivity index (χ0v) is 9.79. The lowest BCUT2D eigenvalue weighted by Gasteiger charge is -2.32. The highest BCUT2D eigenvalue weighted by molar-refractivity contribution is 6.32. The Bertz CT molecular complexity index is 413. The molecule has 2 N–H and O–H groups in total. The fourth-order valence-electron chi connectivity index (χ4n) is 1.55. The van der Waals surface area contributed by atoms with Crippen molar-refractivity contribution in [1.29, 1.82) is 0 Å². The number of H-pyrrole nitrogens is 1. The summed E-state index contributed by atoms with van der Waals surface area (Å²) in [5, 5.41) is 8.16. The van der Waals surface area contributed by atoms with Gasteiger partial charge < -0.3 is 10.3 Å². The molecule has 16 heavy (non-hydrogen) atoms. The van der Waals surface area contributed by atoms with Crippen molar-refractivity contribution in [3.63, 3.8) is 0 Å². The number of likely N-dealkylation sites (N-methyl/N-ethyl adjacent to an activating group) is 1. The van der Waals surface area contributed by atoms with E-state index in [1.165, 1.54) is 6.20 Å². The van der Waals surface area contributed by atoms with Crippen LogP contribution in [0.1, 0.15) is 0 Å². The van der Waals surface area contributed by atoms with E-state index in [1.807, 2.05) is 5.01 Å². The minimum atomic E-state index is -0.374. The van der Waals surface area contributed by atoms with Crippen molar-refractivity contribution in [2.45, 2.75) is 0 Å². The Hall–Kier alpha value is -1.11. The number of rotatable bonds is 2. The van der Waals surface area contributed by atoms with Crippen molar-refractivity contribution >= 4 is 17.3 Å². The Morgan fingerprint density at radius 1 is 1.44 bits per heavy atom. The molecule has 6 nitrogen and oxygen atoms in total. The van der Waals surface area contributed by atoms with Crippen molar-refractivity contribution in [2.75, 3.05) is 38.7 Å². The van der Waals surface area contributed by atoms with Crippen LogP contribution >= 0.6 is 11.6 Å². The number of piperazine rings is 1. The number of hydrogen-bond acceptors (Lipinski definition) is 5. The van der Waals surface area contributed by atoms with Crippen molar-refractivity contribution in [2.24, 2.45) is 0 Å². The average Bonchev–Trinajstić information content (AvgIpc) is 2.28. The molecule has 0 amide bonds. The largest absolute Gasteiger partial charge is 0.316 e. The minimum absolute atomic E-state index is 0.147. The molecule has 1 aliphatic heterocycles. The molecule has 0 aromatic carbocycles. The van der Waals surface area contributed by atoms with Crippen LogP contribution in [0.3, 0.4) is 0 Å². The summed E-state index contributed by atoms with van der Waals surface area (Å²) in [5.74, 6) is 0. The third-order valence-corrected chi connectivity index (χ3v) is 2.95. The van der Waals surface area contributed by atoms with Gasteiger partial charge in [-0.15, -0.1) is 0 Å². The van der Waals surface area contributed by atoms with Crippen LogP contribution in [-0.4, -0.2) is 53.3 Å². The SMILES string of the molecule is CN1CCN(Nc2cn[nH]c(=O)c2Cl)CC1. The molecule has 1 aromatic rings. The summed E-state index contributed by atoms with van der Waals surface area (Å²) in [6.07, 6.45) is 1.52. The summed E-state index contributed by atoms with van der Waals surface area (Å²) in [5.41, 5.74) is 3.28. The molecule has 0 spiro atoms. The molecule has 0 unspecified atom stereocenters. The second-order valence-electron chi connectivity index (χ2n) is 3.83. The number of aromatic nitrogens is 2. The molecule has 88 valence electrons. The van der Waals surface area contributed by atoms with Gasteiger partial charge >= 0.3 is 0 Å². The van der Waals surface area contributed by atoms with Crippen molar-refractivity contribution in [3.05, 3.63) is 21.6 Å². The zero-order chi connectivity index (χ0) is 11.5. The first-order chi connectivity index (χ1) is 7.66. The average molecular weight is 244 g/mol. The molecule has 2 rings (SSSR count). The lowest BCUT2D eigenvalue weighted by Crippen LogP contribution is -2.47. The lowest BCUT2D eigenvalue weighted by atomic mass is 10.4. The maximum Gasteiger partial charge on any atom is 0.285 e. The van der Waals surface area contributed by atoms with Crippen LogP contribution in [0.2, 0.25) is 5.02 Å². The van der Waals surface area contributed by atoms with E-state index in [9.17, 15) is 4.79 Å². The fraction of sp³-hybridized carbons (Fsp3) is 0.556. The Balaban J connectivity index is 2.04. The molecule has 1 aromatic heterocycles. The molecule has 0 bridgehead atoms. The Morgan fingerprint density at radius 2 is 2.12 bits per heavy atom. The highest BCUT2D eigenvalue weighted by Gasteiger charge is 2.15. The van der Waals surface area contributed by atoms with Crippen LogP contribution < -0.4 is 11.0 Å². The molecule has 0 saturated carbocycles. The van der Waals surface area contributed by atoms with Crippen LogP contribution in [0.15, 0.2) is 11.0 Å². The van der Waals surface area contributed by atoms with E-state index in [0.717, 1.165) is 26.2 Å². The minimum Gasteiger partial charge on any atom is -0.316 e. The molecule has 1 aliphatic rings. The number of aromatic amines is 1. The van der Waals surface area contributed by atoms with Gasteiger partial charge in [0.1, 0.15) is 5.02 Å². The van der Waals surface area contributed by atoms with E-state index < -0.39 is 0 Å². The van der Waals surface area contributed by atoms with Gasteiger partial charge in [0.15, 0.2) is 0 Å². The number of halogens is 1. The Morgan fingerprint density at radius 3 is 2.81 bits per heavy atom. The number of anilines is 1. The van der Waals surface area contributed by atoms with Gasteiger partial charge in [-0.05, 0) is 7.05 Å². The number of nitrogens with zero attached hydrogens (tertiary/aromatic N) is 3. The van der Waals surface area contributed by atoms with E-state index in [0.29, 0.717) is 5.69 Å². The summed E-state index contributed by atoms with van der Waals surface area (Å²) in [7, 11) is 2.08. The topological polar surface area (TPSA) is 64.3 Å². The molecule has 0 radical (unpaired) electrons. The first kappa shape index (κ1) is 11.4. The van der Waals surface area contributed by atoms with E-state index in [1.54, 1.807) is 0 Å². The molecule has 1 saturated heterocycles. The van der Waals surface area contributed by atoms with Crippen molar-refractivity contribution < 1.29 is 0 Å². The maximum absolute atomic E-state index is 11.2. The monoisotopic (exact) mass is 243 g/mol. The van der Waals surface area contributed by atoms with Crippen LogP contribution in [0.5, 0.6) is 0 Å². The first-order valence-electron chi connectivity index (χ1n) is 5.10. The van der Waals surface area contributed by atoms with Gasteiger partial charge in [-0.3, -0.25) is 4.79 Å². The first-order valence-corrected chi connectivity index (χ1v) is 5.48. The number of nitrogens with one attached hydrogen (secondary N) is 2. The van der Waals surface area contributed by atoms with E-state index in [-0.39, 0.29) is 10.6 Å². The summed E-state index contributed by atoms with van der Waals surface area (Å²) < 4.78 is 0. The van der Waals surface area contributed by atoms with Gasteiger partial charge in [-0.1, -0.05) is 11.6 Å². The molecular formula is C9H14ClN5O. The molecule has 0 atom stereocenters. The quantitative estimate of drug-likeness (QED) is 0.766. The van der Waals surface area contributed by atoms with Crippen LogP contribution in [0, 0.1) is 0 Å². The maximum atomic E-state index is 11.2. The summed E-state index contributed by atoms with van der Waals surface area (Å²) in [6, 6.07) is 0. The molecule has 7 heteroatoms.